The van der Waals surface area contributed by atoms with E-state index in [1.165, 1.54) is 0 Å². The van der Waals surface area contributed by atoms with Gasteiger partial charge < -0.3 is 16.2 Å². The molecule has 0 radical (unpaired) electrons. The van der Waals surface area contributed by atoms with Crippen LogP contribution in [0.25, 0.3) is 0 Å². The fraction of sp³-hybridized carbons (Fsp3) is 0.889. The zero-order chi connectivity index (χ0) is 9.73. The number of hydrogen-bond donors (Lipinski definition) is 3. The summed E-state index contributed by atoms with van der Waals surface area (Å²) in [4.78, 5) is 11.1. The highest BCUT2D eigenvalue weighted by Crippen LogP contribution is 2.30. The Labute approximate surface area is 78.5 Å². The minimum Gasteiger partial charge on any atom is -0.388 e. The summed E-state index contributed by atoms with van der Waals surface area (Å²) in [6.07, 6.45) is 3.86. The van der Waals surface area contributed by atoms with E-state index < -0.39 is 5.60 Å². The maximum Gasteiger partial charge on any atom is 0.220 e. The van der Waals surface area contributed by atoms with Crippen molar-refractivity contribution in [3.05, 3.63) is 0 Å². The van der Waals surface area contributed by atoms with E-state index in [1.54, 1.807) is 0 Å². The Morgan fingerprint density at radius 1 is 1.54 bits per heavy atom. The van der Waals surface area contributed by atoms with Gasteiger partial charge in [0.25, 0.3) is 0 Å². The van der Waals surface area contributed by atoms with E-state index in [9.17, 15) is 9.90 Å². The zero-order valence-corrected chi connectivity index (χ0v) is 7.88. The van der Waals surface area contributed by atoms with E-state index in [0.29, 0.717) is 25.9 Å². The molecule has 4 N–H and O–H groups in total. The summed E-state index contributed by atoms with van der Waals surface area (Å²) in [7, 11) is 0. The van der Waals surface area contributed by atoms with E-state index in [0.717, 1.165) is 19.3 Å². The minimum absolute atomic E-state index is 0.00854. The fourth-order valence-corrected chi connectivity index (χ4v) is 1.38. The molecule has 1 aliphatic carbocycles. The smallest absolute Gasteiger partial charge is 0.220 e. The third-order valence-electron chi connectivity index (χ3n) is 2.51. The molecule has 1 fully saturated rings. The topological polar surface area (TPSA) is 75.4 Å². The van der Waals surface area contributed by atoms with Crippen LogP contribution in [0.2, 0.25) is 0 Å². The molecule has 0 heterocycles. The summed E-state index contributed by atoms with van der Waals surface area (Å²) < 4.78 is 0. The van der Waals surface area contributed by atoms with Crippen molar-refractivity contribution in [3.63, 3.8) is 0 Å². The van der Waals surface area contributed by atoms with Crippen molar-refractivity contribution in [3.8, 4) is 0 Å². The number of rotatable bonds is 5. The summed E-state index contributed by atoms with van der Waals surface area (Å²) in [6.45, 7) is 0.939. The number of aliphatic hydroxyl groups is 1. The number of amides is 1. The Hall–Kier alpha value is -0.610. The maximum absolute atomic E-state index is 11.1. The third kappa shape index (κ3) is 3.32. The van der Waals surface area contributed by atoms with Crippen molar-refractivity contribution in [2.75, 3.05) is 13.1 Å². The summed E-state index contributed by atoms with van der Waals surface area (Å²) in [6, 6.07) is 0. The summed E-state index contributed by atoms with van der Waals surface area (Å²) in [5.41, 5.74) is 4.65. The molecule has 0 spiro atoms. The standard InChI is InChI=1S/C9H18N2O2/c10-6-1-3-8(12)11-7-9(13)4-2-5-9/h13H,1-7,10H2,(H,11,12). The summed E-state index contributed by atoms with van der Waals surface area (Å²) in [5.74, 6) is -0.00854. The average Bonchev–Trinajstić information content (AvgIpc) is 2.08. The van der Waals surface area contributed by atoms with Gasteiger partial charge in [-0.05, 0) is 32.2 Å². The van der Waals surface area contributed by atoms with Crippen molar-refractivity contribution >= 4 is 5.91 Å². The lowest BCUT2D eigenvalue weighted by Gasteiger charge is -2.36. The molecular weight excluding hydrogens is 168 g/mol. The lowest BCUT2D eigenvalue weighted by atomic mass is 9.80. The van der Waals surface area contributed by atoms with Crippen molar-refractivity contribution in [2.45, 2.75) is 37.7 Å². The van der Waals surface area contributed by atoms with Crippen molar-refractivity contribution in [1.82, 2.24) is 5.32 Å². The molecule has 0 bridgehead atoms. The predicted octanol–water partition coefficient (Wildman–Crippen LogP) is -0.244. The van der Waals surface area contributed by atoms with Gasteiger partial charge in [0.15, 0.2) is 0 Å². The Morgan fingerprint density at radius 2 is 2.23 bits per heavy atom. The molecule has 0 aromatic carbocycles. The quantitative estimate of drug-likeness (QED) is 0.554. The first-order valence-electron chi connectivity index (χ1n) is 4.85. The van der Waals surface area contributed by atoms with Gasteiger partial charge in [-0.2, -0.15) is 0 Å². The van der Waals surface area contributed by atoms with Crippen LogP contribution in [0, 0.1) is 0 Å². The van der Waals surface area contributed by atoms with Gasteiger partial charge in [-0.25, -0.2) is 0 Å². The monoisotopic (exact) mass is 186 g/mol. The van der Waals surface area contributed by atoms with Crippen molar-refractivity contribution in [2.24, 2.45) is 5.73 Å². The highest BCUT2D eigenvalue weighted by Gasteiger charge is 2.34. The lowest BCUT2D eigenvalue weighted by Crippen LogP contribution is -2.47. The second kappa shape index (κ2) is 4.58. The zero-order valence-electron chi connectivity index (χ0n) is 7.88. The summed E-state index contributed by atoms with van der Waals surface area (Å²) in [5, 5.41) is 12.4. The molecule has 0 aromatic heterocycles. The molecule has 0 saturated heterocycles. The highest BCUT2D eigenvalue weighted by atomic mass is 16.3. The molecule has 4 heteroatoms. The molecule has 76 valence electrons. The van der Waals surface area contributed by atoms with Crippen LogP contribution in [-0.2, 0) is 4.79 Å². The number of carbonyl (C=O) groups is 1. The molecule has 13 heavy (non-hydrogen) atoms. The van der Waals surface area contributed by atoms with E-state index >= 15 is 0 Å². The van der Waals surface area contributed by atoms with Crippen LogP contribution in [0.1, 0.15) is 32.1 Å². The molecule has 1 aliphatic rings. The van der Waals surface area contributed by atoms with Crippen LogP contribution in [0.15, 0.2) is 0 Å². The van der Waals surface area contributed by atoms with Crippen LogP contribution in [0.5, 0.6) is 0 Å². The lowest BCUT2D eigenvalue weighted by molar-refractivity contribution is -0.123. The van der Waals surface area contributed by atoms with Gasteiger partial charge >= 0.3 is 0 Å². The van der Waals surface area contributed by atoms with E-state index in [1.807, 2.05) is 0 Å². The van der Waals surface area contributed by atoms with Crippen LogP contribution in [0.3, 0.4) is 0 Å². The van der Waals surface area contributed by atoms with Crippen molar-refractivity contribution in [1.29, 1.82) is 0 Å². The molecule has 1 rings (SSSR count). The number of carbonyl (C=O) groups excluding carboxylic acids is 1. The van der Waals surface area contributed by atoms with E-state index in [4.69, 9.17) is 5.73 Å². The van der Waals surface area contributed by atoms with E-state index in [-0.39, 0.29) is 5.91 Å². The number of nitrogens with one attached hydrogen (secondary N) is 1. The molecule has 0 unspecified atom stereocenters. The van der Waals surface area contributed by atoms with Gasteiger partial charge in [-0.3, -0.25) is 4.79 Å². The number of nitrogens with two attached hydrogens (primary N) is 1. The molecular formula is C9H18N2O2. The molecule has 0 atom stereocenters. The Balaban J connectivity index is 2.07. The molecule has 4 nitrogen and oxygen atoms in total. The van der Waals surface area contributed by atoms with Gasteiger partial charge in [-0.15, -0.1) is 0 Å². The maximum atomic E-state index is 11.1. The Morgan fingerprint density at radius 3 is 2.69 bits per heavy atom. The second-order valence-corrected chi connectivity index (χ2v) is 3.75. The van der Waals surface area contributed by atoms with Gasteiger partial charge in [0.2, 0.25) is 5.91 Å². The number of hydrogen-bond acceptors (Lipinski definition) is 3. The first-order chi connectivity index (χ1) is 6.16. The molecule has 1 saturated carbocycles. The second-order valence-electron chi connectivity index (χ2n) is 3.75. The predicted molar refractivity (Wildman–Crippen MR) is 50.1 cm³/mol. The van der Waals surface area contributed by atoms with Crippen LogP contribution in [0.4, 0.5) is 0 Å². The molecule has 0 aliphatic heterocycles. The first-order valence-corrected chi connectivity index (χ1v) is 4.85. The Bertz CT molecular complexity index is 178. The third-order valence-corrected chi connectivity index (χ3v) is 2.51. The minimum atomic E-state index is -0.613. The van der Waals surface area contributed by atoms with Gasteiger partial charge in [0.1, 0.15) is 0 Å². The van der Waals surface area contributed by atoms with Crippen LogP contribution >= 0.6 is 0 Å². The van der Waals surface area contributed by atoms with Gasteiger partial charge in [0.05, 0.1) is 5.60 Å². The normalized spacial score (nSPS) is 19.2. The molecule has 0 aromatic rings. The first kappa shape index (κ1) is 10.5. The average molecular weight is 186 g/mol. The largest absolute Gasteiger partial charge is 0.388 e. The van der Waals surface area contributed by atoms with E-state index in [2.05, 4.69) is 5.32 Å². The van der Waals surface area contributed by atoms with Crippen molar-refractivity contribution < 1.29 is 9.90 Å². The summed E-state index contributed by atoms with van der Waals surface area (Å²) >= 11 is 0. The SMILES string of the molecule is NCCCC(=O)NCC1(O)CCC1. The van der Waals surface area contributed by atoms with Gasteiger partial charge in [0, 0.05) is 13.0 Å². The molecule has 1 amide bonds. The fourth-order valence-electron chi connectivity index (χ4n) is 1.38. The van der Waals surface area contributed by atoms with Gasteiger partial charge in [-0.1, -0.05) is 0 Å². The van der Waals surface area contributed by atoms with Crippen LogP contribution < -0.4 is 11.1 Å². The van der Waals surface area contributed by atoms with Crippen LogP contribution in [-0.4, -0.2) is 29.7 Å². The Kier molecular flexibility index (Phi) is 3.69. The highest BCUT2D eigenvalue weighted by molar-refractivity contribution is 5.75.